The largest absolute Gasteiger partial charge is 0.353 e. The Morgan fingerprint density at radius 2 is 2.00 bits per heavy atom. The van der Waals surface area contributed by atoms with Gasteiger partial charge in [0.15, 0.2) is 0 Å². The summed E-state index contributed by atoms with van der Waals surface area (Å²) in [6.07, 6.45) is 3.24. The SMILES string of the molecule is CN(Cc1ccccn1)c1ncnc2ccc(F)cc12. The summed E-state index contributed by atoms with van der Waals surface area (Å²) < 4.78 is 13.4. The van der Waals surface area contributed by atoms with Gasteiger partial charge in [0, 0.05) is 18.6 Å². The van der Waals surface area contributed by atoms with Crippen molar-refractivity contribution in [1.29, 1.82) is 0 Å². The zero-order valence-corrected chi connectivity index (χ0v) is 11.0. The summed E-state index contributed by atoms with van der Waals surface area (Å²) in [4.78, 5) is 14.6. The fourth-order valence-corrected chi connectivity index (χ4v) is 2.13. The highest BCUT2D eigenvalue weighted by molar-refractivity contribution is 5.89. The Hall–Kier alpha value is -2.56. The molecule has 0 aliphatic carbocycles. The average molecular weight is 268 g/mol. The van der Waals surface area contributed by atoms with Gasteiger partial charge in [-0.2, -0.15) is 0 Å². The van der Waals surface area contributed by atoms with Crippen LogP contribution in [0.25, 0.3) is 10.9 Å². The fraction of sp³-hybridized carbons (Fsp3) is 0.133. The van der Waals surface area contributed by atoms with Gasteiger partial charge < -0.3 is 4.90 Å². The molecule has 0 saturated heterocycles. The molecule has 0 saturated carbocycles. The zero-order chi connectivity index (χ0) is 13.9. The van der Waals surface area contributed by atoms with Crippen LogP contribution in [0.5, 0.6) is 0 Å². The number of pyridine rings is 1. The number of aromatic nitrogens is 3. The molecule has 5 heteroatoms. The lowest BCUT2D eigenvalue weighted by Crippen LogP contribution is -2.18. The van der Waals surface area contributed by atoms with Gasteiger partial charge in [-0.25, -0.2) is 14.4 Å². The average Bonchev–Trinajstić information content (AvgIpc) is 2.47. The highest BCUT2D eigenvalue weighted by atomic mass is 19.1. The van der Waals surface area contributed by atoms with Crippen LogP contribution < -0.4 is 4.90 Å². The van der Waals surface area contributed by atoms with Gasteiger partial charge in [-0.05, 0) is 30.3 Å². The number of anilines is 1. The van der Waals surface area contributed by atoms with E-state index in [1.165, 1.54) is 18.5 Å². The molecule has 2 heterocycles. The molecule has 0 aliphatic rings. The molecule has 0 bridgehead atoms. The lowest BCUT2D eigenvalue weighted by molar-refractivity contribution is 0.629. The molecule has 3 aromatic rings. The maximum absolute atomic E-state index is 13.4. The Labute approximate surface area is 115 Å². The zero-order valence-electron chi connectivity index (χ0n) is 11.0. The standard InChI is InChI=1S/C15H13FN4/c1-20(9-12-4-2-3-7-17-12)15-13-8-11(16)5-6-14(13)18-10-19-15/h2-8,10H,9H2,1H3. The van der Waals surface area contributed by atoms with Crippen molar-refractivity contribution in [3.63, 3.8) is 0 Å². The molecule has 100 valence electrons. The first kappa shape index (κ1) is 12.5. The van der Waals surface area contributed by atoms with Gasteiger partial charge in [-0.1, -0.05) is 6.07 Å². The summed E-state index contributed by atoms with van der Waals surface area (Å²) in [5, 5.41) is 0.700. The second-order valence-electron chi connectivity index (χ2n) is 4.54. The number of fused-ring (bicyclic) bond motifs is 1. The number of halogens is 1. The molecule has 1 aromatic carbocycles. The Balaban J connectivity index is 1.99. The number of rotatable bonds is 3. The predicted molar refractivity (Wildman–Crippen MR) is 75.8 cm³/mol. The van der Waals surface area contributed by atoms with Crippen LogP contribution in [0.4, 0.5) is 10.2 Å². The minimum Gasteiger partial charge on any atom is -0.353 e. The maximum Gasteiger partial charge on any atom is 0.140 e. The Morgan fingerprint density at radius 1 is 1.10 bits per heavy atom. The van der Waals surface area contributed by atoms with Crippen molar-refractivity contribution in [3.8, 4) is 0 Å². The quantitative estimate of drug-likeness (QED) is 0.732. The molecule has 0 radical (unpaired) electrons. The van der Waals surface area contributed by atoms with Crippen LogP contribution in [0.15, 0.2) is 48.9 Å². The normalized spacial score (nSPS) is 10.7. The van der Waals surface area contributed by atoms with Crippen LogP contribution >= 0.6 is 0 Å². The van der Waals surface area contributed by atoms with Gasteiger partial charge >= 0.3 is 0 Å². The van der Waals surface area contributed by atoms with Crippen LogP contribution in [-0.2, 0) is 6.54 Å². The number of hydrogen-bond acceptors (Lipinski definition) is 4. The van der Waals surface area contributed by atoms with Gasteiger partial charge in [0.25, 0.3) is 0 Å². The highest BCUT2D eigenvalue weighted by Crippen LogP contribution is 2.23. The van der Waals surface area contributed by atoms with Gasteiger partial charge in [0.2, 0.25) is 0 Å². The minimum atomic E-state index is -0.292. The van der Waals surface area contributed by atoms with Crippen molar-refractivity contribution in [2.75, 3.05) is 11.9 Å². The van der Waals surface area contributed by atoms with E-state index in [0.717, 1.165) is 11.2 Å². The Kier molecular flexibility index (Phi) is 3.25. The molecule has 20 heavy (non-hydrogen) atoms. The maximum atomic E-state index is 13.4. The summed E-state index contributed by atoms with van der Waals surface area (Å²) in [6, 6.07) is 10.3. The Bertz CT molecular complexity index is 730. The first-order valence-corrected chi connectivity index (χ1v) is 6.25. The van der Waals surface area contributed by atoms with E-state index in [4.69, 9.17) is 0 Å². The van der Waals surface area contributed by atoms with Crippen molar-refractivity contribution in [3.05, 3.63) is 60.4 Å². The van der Waals surface area contributed by atoms with Crippen molar-refractivity contribution < 1.29 is 4.39 Å². The third-order valence-electron chi connectivity index (χ3n) is 3.06. The van der Waals surface area contributed by atoms with E-state index in [2.05, 4.69) is 15.0 Å². The first-order chi connectivity index (χ1) is 9.74. The third kappa shape index (κ3) is 2.42. The molecule has 2 aromatic heterocycles. The van der Waals surface area contributed by atoms with Crippen molar-refractivity contribution in [2.24, 2.45) is 0 Å². The number of hydrogen-bond donors (Lipinski definition) is 0. The van der Waals surface area contributed by atoms with Crippen molar-refractivity contribution in [1.82, 2.24) is 15.0 Å². The van der Waals surface area contributed by atoms with E-state index in [1.54, 1.807) is 12.3 Å². The summed E-state index contributed by atoms with van der Waals surface area (Å²) in [7, 11) is 1.90. The summed E-state index contributed by atoms with van der Waals surface area (Å²) in [5.74, 6) is 0.403. The van der Waals surface area contributed by atoms with Crippen molar-refractivity contribution in [2.45, 2.75) is 6.54 Å². The first-order valence-electron chi connectivity index (χ1n) is 6.25. The second-order valence-corrected chi connectivity index (χ2v) is 4.54. The Morgan fingerprint density at radius 3 is 2.80 bits per heavy atom. The molecular weight excluding hydrogens is 255 g/mol. The second kappa shape index (κ2) is 5.21. The van der Waals surface area contributed by atoms with Crippen LogP contribution in [0.1, 0.15) is 5.69 Å². The van der Waals surface area contributed by atoms with Gasteiger partial charge in [0.1, 0.15) is 18.0 Å². The van der Waals surface area contributed by atoms with Crippen LogP contribution in [0, 0.1) is 5.82 Å². The summed E-state index contributed by atoms with van der Waals surface area (Å²) in [6.45, 7) is 0.601. The fourth-order valence-electron chi connectivity index (χ4n) is 2.13. The minimum absolute atomic E-state index is 0.292. The van der Waals surface area contributed by atoms with E-state index in [9.17, 15) is 4.39 Å². The van der Waals surface area contributed by atoms with Gasteiger partial charge in [-0.3, -0.25) is 4.98 Å². The topological polar surface area (TPSA) is 41.9 Å². The predicted octanol–water partition coefficient (Wildman–Crippen LogP) is 2.80. The van der Waals surface area contributed by atoms with E-state index >= 15 is 0 Å². The molecule has 0 unspecified atom stereocenters. The lowest BCUT2D eigenvalue weighted by atomic mass is 10.2. The van der Waals surface area contributed by atoms with Gasteiger partial charge in [0.05, 0.1) is 17.8 Å². The molecule has 4 nitrogen and oxygen atoms in total. The number of benzene rings is 1. The van der Waals surface area contributed by atoms with Crippen LogP contribution in [-0.4, -0.2) is 22.0 Å². The van der Waals surface area contributed by atoms with E-state index in [-0.39, 0.29) is 5.82 Å². The third-order valence-corrected chi connectivity index (χ3v) is 3.06. The smallest absolute Gasteiger partial charge is 0.140 e. The summed E-state index contributed by atoms with van der Waals surface area (Å²) >= 11 is 0. The monoisotopic (exact) mass is 268 g/mol. The summed E-state index contributed by atoms with van der Waals surface area (Å²) in [5.41, 5.74) is 1.66. The van der Waals surface area contributed by atoms with E-state index in [0.29, 0.717) is 17.7 Å². The molecule has 0 fully saturated rings. The highest BCUT2D eigenvalue weighted by Gasteiger charge is 2.10. The van der Waals surface area contributed by atoms with E-state index in [1.807, 2.05) is 30.1 Å². The van der Waals surface area contributed by atoms with Gasteiger partial charge in [-0.15, -0.1) is 0 Å². The molecule has 0 amide bonds. The molecule has 3 rings (SSSR count). The molecule has 0 atom stereocenters. The molecule has 0 aliphatic heterocycles. The number of nitrogens with zero attached hydrogens (tertiary/aromatic N) is 4. The lowest BCUT2D eigenvalue weighted by Gasteiger charge is -2.19. The van der Waals surface area contributed by atoms with Crippen LogP contribution in [0.2, 0.25) is 0 Å². The van der Waals surface area contributed by atoms with E-state index < -0.39 is 0 Å². The molecular formula is C15H13FN4. The van der Waals surface area contributed by atoms with Crippen LogP contribution in [0.3, 0.4) is 0 Å². The van der Waals surface area contributed by atoms with Crippen molar-refractivity contribution >= 4 is 16.7 Å². The molecule has 0 spiro atoms. The molecule has 0 N–H and O–H groups in total.